The number of ether oxygens (including phenoxy) is 1. The van der Waals surface area contributed by atoms with Crippen molar-refractivity contribution in [3.8, 4) is 5.75 Å². The summed E-state index contributed by atoms with van der Waals surface area (Å²) in [6.07, 6.45) is 2.46. The highest BCUT2D eigenvalue weighted by molar-refractivity contribution is 7.92. The first-order chi connectivity index (χ1) is 18.7. The second-order valence-electron chi connectivity index (χ2n) is 11.4. The largest absolute Gasteiger partial charge is 0.489 e. The first kappa shape index (κ1) is 27.4. The predicted molar refractivity (Wildman–Crippen MR) is 154 cm³/mol. The number of aryl methyl sites for hydroxylation is 2. The fourth-order valence-electron chi connectivity index (χ4n) is 5.28. The Morgan fingerprint density at radius 1 is 0.949 bits per heavy atom. The van der Waals surface area contributed by atoms with Gasteiger partial charge in [-0.2, -0.15) is 4.18 Å². The number of nitrogens with zero attached hydrogens (tertiary/aromatic N) is 2. The minimum Gasteiger partial charge on any atom is -0.489 e. The van der Waals surface area contributed by atoms with Gasteiger partial charge in [-0.1, -0.05) is 69.3 Å². The summed E-state index contributed by atoms with van der Waals surface area (Å²) in [5.74, 6) is 1.25. The monoisotopic (exact) mass is 543 g/mol. The summed E-state index contributed by atoms with van der Waals surface area (Å²) in [6.45, 7) is 10.9. The summed E-state index contributed by atoms with van der Waals surface area (Å²) in [7, 11) is 0. The third-order valence-electron chi connectivity index (χ3n) is 7.41. The van der Waals surface area contributed by atoms with E-state index >= 15 is 0 Å². The highest BCUT2D eigenvalue weighted by Crippen LogP contribution is 2.60. The molecule has 0 bridgehead atoms. The van der Waals surface area contributed by atoms with Crippen LogP contribution >= 0.6 is 0 Å². The van der Waals surface area contributed by atoms with Crippen molar-refractivity contribution < 1.29 is 13.3 Å². The molecule has 1 aliphatic carbocycles. The van der Waals surface area contributed by atoms with Crippen LogP contribution in [0.5, 0.6) is 5.75 Å². The van der Waals surface area contributed by atoms with Gasteiger partial charge in [0.2, 0.25) is 11.2 Å². The molecule has 5 rings (SSSR count). The summed E-state index contributed by atoms with van der Waals surface area (Å²) in [4.78, 5) is 11.1. The van der Waals surface area contributed by atoms with Crippen molar-refractivity contribution in [3.05, 3.63) is 114 Å². The first-order valence-electron chi connectivity index (χ1n) is 13.4. The van der Waals surface area contributed by atoms with Gasteiger partial charge < -0.3 is 4.74 Å². The fourth-order valence-corrected chi connectivity index (χ4v) is 7.22. The van der Waals surface area contributed by atoms with Gasteiger partial charge >= 0.3 is 0 Å². The smallest absolute Gasteiger partial charge is 0.223 e. The molecule has 1 saturated carbocycles. The molecule has 0 amide bonds. The van der Waals surface area contributed by atoms with Gasteiger partial charge in [0.25, 0.3) is 0 Å². The standard InChI is InChI=1S/C33H36FN2O2S/c1-23-30(21-35-24(2)36-23)37-22-33(25-13-12-14-26(34)19-25)20-29(33)31(32(3,4)5)38-39(27-15-8-6-9-16-27)28-17-10-7-11-18-28/h6-19,21,29,31H,20,22H2,1-5H3/q+1/t29-,31?,33+/m0/s1. The molecular formula is C33H36FN2O2S+. The van der Waals surface area contributed by atoms with Crippen LogP contribution in [-0.2, 0) is 20.8 Å². The van der Waals surface area contributed by atoms with Crippen LogP contribution in [0.15, 0.2) is 101 Å². The van der Waals surface area contributed by atoms with Crippen LogP contribution in [0.25, 0.3) is 0 Å². The van der Waals surface area contributed by atoms with E-state index in [1.807, 2.05) is 32.0 Å². The third kappa shape index (κ3) is 6.02. The predicted octanol–water partition coefficient (Wildman–Crippen LogP) is 7.65. The van der Waals surface area contributed by atoms with Gasteiger partial charge in [-0.3, -0.25) is 0 Å². The van der Waals surface area contributed by atoms with Crippen molar-refractivity contribution in [2.24, 2.45) is 11.3 Å². The van der Waals surface area contributed by atoms with Crippen LogP contribution in [0.2, 0.25) is 0 Å². The van der Waals surface area contributed by atoms with E-state index in [0.717, 1.165) is 27.5 Å². The Hall–Kier alpha value is -3.22. The SMILES string of the molecule is Cc1ncc(OC[C@@]2(c3cccc(F)c3)C[C@H]2C(O[S+](c2ccccc2)c2ccccc2)C(C)(C)C)c(C)n1. The van der Waals surface area contributed by atoms with E-state index in [-0.39, 0.29) is 28.7 Å². The molecule has 0 spiro atoms. The Bertz CT molecular complexity index is 1370. The lowest BCUT2D eigenvalue weighted by molar-refractivity contribution is 0.0701. The zero-order valence-electron chi connectivity index (χ0n) is 23.2. The van der Waals surface area contributed by atoms with E-state index in [1.165, 1.54) is 6.07 Å². The van der Waals surface area contributed by atoms with Crippen molar-refractivity contribution in [1.29, 1.82) is 0 Å². The van der Waals surface area contributed by atoms with E-state index in [1.54, 1.807) is 18.3 Å². The number of rotatable bonds is 9. The topological polar surface area (TPSA) is 44.2 Å². The highest BCUT2D eigenvalue weighted by Gasteiger charge is 2.63. The van der Waals surface area contributed by atoms with E-state index in [9.17, 15) is 4.39 Å². The first-order valence-corrected chi connectivity index (χ1v) is 14.5. The average Bonchev–Trinajstić information content (AvgIpc) is 3.64. The minimum atomic E-state index is -0.583. The summed E-state index contributed by atoms with van der Waals surface area (Å²) in [6, 6.07) is 27.8. The van der Waals surface area contributed by atoms with Crippen molar-refractivity contribution in [2.45, 2.75) is 62.3 Å². The minimum absolute atomic E-state index is 0.108. The number of halogens is 1. The van der Waals surface area contributed by atoms with Crippen LogP contribution in [0.1, 0.15) is 44.3 Å². The Balaban J connectivity index is 1.51. The lowest BCUT2D eigenvalue weighted by atomic mass is 9.82. The summed E-state index contributed by atoms with van der Waals surface area (Å²) in [5.41, 5.74) is 1.18. The van der Waals surface area contributed by atoms with Gasteiger partial charge in [0.15, 0.2) is 15.5 Å². The van der Waals surface area contributed by atoms with Crippen LogP contribution in [-0.4, -0.2) is 22.7 Å². The van der Waals surface area contributed by atoms with Crippen LogP contribution in [0.4, 0.5) is 4.39 Å². The van der Waals surface area contributed by atoms with Gasteiger partial charge in [-0.05, 0) is 67.6 Å². The summed E-state index contributed by atoms with van der Waals surface area (Å²) < 4.78 is 28.1. The fraction of sp³-hybridized carbons (Fsp3) is 0.333. The lowest BCUT2D eigenvalue weighted by Crippen LogP contribution is -2.37. The Labute approximate surface area is 234 Å². The number of aromatic nitrogens is 2. The van der Waals surface area contributed by atoms with Crippen LogP contribution in [0, 0.1) is 31.0 Å². The van der Waals surface area contributed by atoms with Gasteiger partial charge in [-0.25, -0.2) is 14.4 Å². The lowest BCUT2D eigenvalue weighted by Gasteiger charge is -2.31. The molecule has 0 saturated heterocycles. The molecule has 1 aliphatic rings. The third-order valence-corrected chi connectivity index (χ3v) is 9.21. The van der Waals surface area contributed by atoms with Crippen LogP contribution < -0.4 is 4.74 Å². The quantitative estimate of drug-likeness (QED) is 0.203. The van der Waals surface area contributed by atoms with E-state index in [2.05, 4.69) is 79.3 Å². The number of benzene rings is 3. The molecular weight excluding hydrogens is 507 g/mol. The average molecular weight is 544 g/mol. The van der Waals surface area contributed by atoms with Crippen LogP contribution in [0.3, 0.4) is 0 Å². The van der Waals surface area contributed by atoms with Gasteiger partial charge in [0.05, 0.1) is 18.5 Å². The number of hydrogen-bond acceptors (Lipinski definition) is 4. The zero-order valence-corrected chi connectivity index (χ0v) is 24.0. The summed E-state index contributed by atoms with van der Waals surface area (Å²) >= 11 is -0.583. The maximum Gasteiger partial charge on any atom is 0.223 e. The molecule has 0 radical (unpaired) electrons. The van der Waals surface area contributed by atoms with E-state index in [4.69, 9.17) is 8.92 Å². The van der Waals surface area contributed by atoms with Gasteiger partial charge in [0, 0.05) is 11.3 Å². The Morgan fingerprint density at radius 3 is 2.15 bits per heavy atom. The second kappa shape index (κ2) is 11.1. The zero-order chi connectivity index (χ0) is 27.6. The summed E-state index contributed by atoms with van der Waals surface area (Å²) in [5, 5.41) is 0. The molecule has 1 aromatic heterocycles. The van der Waals surface area contributed by atoms with Crippen molar-refractivity contribution in [3.63, 3.8) is 0 Å². The molecule has 4 aromatic rings. The molecule has 0 N–H and O–H groups in total. The normalized spacial score (nSPS) is 19.6. The van der Waals surface area contributed by atoms with E-state index in [0.29, 0.717) is 18.2 Å². The maximum absolute atomic E-state index is 14.5. The Morgan fingerprint density at radius 2 is 1.59 bits per heavy atom. The highest BCUT2D eigenvalue weighted by atomic mass is 32.2. The molecule has 1 fully saturated rings. The molecule has 0 aliphatic heterocycles. The molecule has 1 heterocycles. The molecule has 3 aromatic carbocycles. The van der Waals surface area contributed by atoms with Gasteiger partial charge in [0.1, 0.15) is 17.7 Å². The number of hydrogen-bond donors (Lipinski definition) is 0. The van der Waals surface area contributed by atoms with Crippen molar-refractivity contribution >= 4 is 11.2 Å². The van der Waals surface area contributed by atoms with Crippen molar-refractivity contribution in [2.75, 3.05) is 6.61 Å². The molecule has 3 atom stereocenters. The molecule has 39 heavy (non-hydrogen) atoms. The molecule has 4 nitrogen and oxygen atoms in total. The second-order valence-corrected chi connectivity index (χ2v) is 13.1. The maximum atomic E-state index is 14.5. The molecule has 6 heteroatoms. The molecule has 202 valence electrons. The van der Waals surface area contributed by atoms with Gasteiger partial charge in [-0.15, -0.1) is 0 Å². The van der Waals surface area contributed by atoms with E-state index < -0.39 is 11.2 Å². The van der Waals surface area contributed by atoms with Crippen molar-refractivity contribution in [1.82, 2.24) is 9.97 Å². The molecule has 1 unspecified atom stereocenters. The Kier molecular flexibility index (Phi) is 7.79.